The van der Waals surface area contributed by atoms with Crippen LogP contribution in [-0.4, -0.2) is 44.7 Å². The van der Waals surface area contributed by atoms with E-state index in [4.69, 9.17) is 14.2 Å². The molecule has 0 unspecified atom stereocenters. The Labute approximate surface area is 196 Å². The number of carbonyl (C=O) groups is 1. The number of methoxy groups -OCH3 is 2. The first-order valence-electron chi connectivity index (χ1n) is 11.2. The third kappa shape index (κ3) is 6.14. The molecule has 0 amide bonds. The number of rotatable bonds is 10. The van der Waals surface area contributed by atoms with E-state index in [1.807, 2.05) is 85.9 Å². The maximum atomic E-state index is 13.7. The van der Waals surface area contributed by atoms with Gasteiger partial charge in [0.2, 0.25) is 0 Å². The summed E-state index contributed by atoms with van der Waals surface area (Å²) >= 11 is 0. The predicted octanol–water partition coefficient (Wildman–Crippen LogP) is 5.46. The maximum absolute atomic E-state index is 13.7. The van der Waals surface area contributed by atoms with Crippen LogP contribution in [0.2, 0.25) is 0 Å². The smallest absolute Gasteiger partial charge is 0.318 e. The highest BCUT2D eigenvalue weighted by Crippen LogP contribution is 2.34. The summed E-state index contributed by atoms with van der Waals surface area (Å²) in [6, 6.07) is 25.5. The van der Waals surface area contributed by atoms with Crippen molar-refractivity contribution in [3.8, 4) is 11.5 Å². The van der Waals surface area contributed by atoms with Crippen LogP contribution in [0.25, 0.3) is 0 Å². The quantitative estimate of drug-likeness (QED) is 0.386. The maximum Gasteiger partial charge on any atom is 0.318 e. The van der Waals surface area contributed by atoms with Crippen LogP contribution in [-0.2, 0) is 9.53 Å². The molecular weight excluding hydrogens is 414 g/mol. The summed E-state index contributed by atoms with van der Waals surface area (Å²) in [5, 5.41) is 0. The molecule has 5 heteroatoms. The van der Waals surface area contributed by atoms with Gasteiger partial charge in [-0.3, -0.25) is 9.69 Å². The lowest BCUT2D eigenvalue weighted by Crippen LogP contribution is -2.33. The average molecular weight is 448 g/mol. The summed E-state index contributed by atoms with van der Waals surface area (Å²) in [6.07, 6.45) is -0.473. The van der Waals surface area contributed by atoms with E-state index < -0.39 is 12.0 Å². The minimum atomic E-state index is -0.514. The number of nitrogens with zero attached hydrogens (tertiary/aromatic N) is 1. The van der Waals surface area contributed by atoms with Crippen molar-refractivity contribution in [3.63, 3.8) is 0 Å². The standard InChI is InChI=1S/C28H33NO4/c1-20(2)29(3)19-26(23-16-17-24(31-4)25(18-23)32-5)33-28(30)27(21-12-8-6-9-13-21)22-14-10-7-11-15-22/h6-18,20,26-27H,19H2,1-5H3/t26-/m1/s1. The molecule has 33 heavy (non-hydrogen) atoms. The minimum Gasteiger partial charge on any atom is -0.493 e. The lowest BCUT2D eigenvalue weighted by molar-refractivity contribution is -0.151. The monoisotopic (exact) mass is 447 g/mol. The lowest BCUT2D eigenvalue weighted by Gasteiger charge is -2.29. The molecule has 0 aliphatic heterocycles. The zero-order chi connectivity index (χ0) is 23.8. The van der Waals surface area contributed by atoms with Gasteiger partial charge in [-0.1, -0.05) is 66.7 Å². The van der Waals surface area contributed by atoms with Gasteiger partial charge in [-0.15, -0.1) is 0 Å². The second kappa shape index (κ2) is 11.5. The molecule has 174 valence electrons. The van der Waals surface area contributed by atoms with Crippen LogP contribution in [0, 0.1) is 0 Å². The van der Waals surface area contributed by atoms with Crippen molar-refractivity contribution >= 4 is 5.97 Å². The second-order valence-corrected chi connectivity index (χ2v) is 8.33. The highest BCUT2D eigenvalue weighted by Gasteiger charge is 2.29. The Morgan fingerprint density at radius 1 is 0.788 bits per heavy atom. The molecule has 0 spiro atoms. The SMILES string of the molecule is COc1ccc([C@@H](CN(C)C(C)C)OC(=O)C(c2ccccc2)c2ccccc2)cc1OC. The van der Waals surface area contributed by atoms with E-state index in [2.05, 4.69) is 18.7 Å². The van der Waals surface area contributed by atoms with E-state index in [0.717, 1.165) is 16.7 Å². The molecule has 0 saturated carbocycles. The molecule has 0 bridgehead atoms. The minimum absolute atomic E-state index is 0.288. The summed E-state index contributed by atoms with van der Waals surface area (Å²) in [6.45, 7) is 4.78. The van der Waals surface area contributed by atoms with E-state index in [1.54, 1.807) is 14.2 Å². The zero-order valence-corrected chi connectivity index (χ0v) is 20.0. The number of carbonyl (C=O) groups excluding carboxylic acids is 1. The summed E-state index contributed by atoms with van der Waals surface area (Å²) in [4.78, 5) is 15.8. The topological polar surface area (TPSA) is 48.0 Å². The number of benzene rings is 3. The summed E-state index contributed by atoms with van der Waals surface area (Å²) < 4.78 is 17.1. The first kappa shape index (κ1) is 24.3. The van der Waals surface area contributed by atoms with Gasteiger partial charge in [-0.2, -0.15) is 0 Å². The van der Waals surface area contributed by atoms with Crippen LogP contribution >= 0.6 is 0 Å². The first-order valence-corrected chi connectivity index (χ1v) is 11.2. The van der Waals surface area contributed by atoms with Crippen LogP contribution in [0.4, 0.5) is 0 Å². The molecule has 3 aromatic rings. The van der Waals surface area contributed by atoms with Gasteiger partial charge in [0, 0.05) is 12.6 Å². The molecule has 0 radical (unpaired) electrons. The number of esters is 1. The summed E-state index contributed by atoms with van der Waals surface area (Å²) in [5.41, 5.74) is 2.65. The van der Waals surface area contributed by atoms with Gasteiger partial charge in [-0.25, -0.2) is 0 Å². The van der Waals surface area contributed by atoms with Crippen LogP contribution in [0.3, 0.4) is 0 Å². The molecule has 3 aromatic carbocycles. The number of likely N-dealkylation sites (N-methyl/N-ethyl adjacent to an activating group) is 1. The van der Waals surface area contributed by atoms with Crippen molar-refractivity contribution < 1.29 is 19.0 Å². The summed E-state index contributed by atoms with van der Waals surface area (Å²) in [7, 11) is 5.23. The van der Waals surface area contributed by atoms with E-state index in [-0.39, 0.29) is 5.97 Å². The number of hydrogen-bond donors (Lipinski definition) is 0. The van der Waals surface area contributed by atoms with Crippen molar-refractivity contribution in [1.29, 1.82) is 0 Å². The zero-order valence-electron chi connectivity index (χ0n) is 20.0. The van der Waals surface area contributed by atoms with Crippen molar-refractivity contribution in [2.24, 2.45) is 0 Å². The molecule has 0 heterocycles. The third-order valence-electron chi connectivity index (χ3n) is 5.87. The molecule has 0 saturated heterocycles. The Kier molecular flexibility index (Phi) is 8.50. The van der Waals surface area contributed by atoms with E-state index in [9.17, 15) is 4.79 Å². The largest absolute Gasteiger partial charge is 0.493 e. The van der Waals surface area contributed by atoms with Crippen molar-refractivity contribution in [1.82, 2.24) is 4.90 Å². The Balaban J connectivity index is 1.97. The summed E-state index contributed by atoms with van der Waals surface area (Å²) in [5.74, 6) is 0.435. The predicted molar refractivity (Wildman–Crippen MR) is 131 cm³/mol. The van der Waals surface area contributed by atoms with Gasteiger partial charge in [0.1, 0.15) is 12.0 Å². The Bertz CT molecular complexity index is 981. The molecule has 0 N–H and O–H groups in total. The fourth-order valence-corrected chi connectivity index (χ4v) is 3.70. The van der Waals surface area contributed by atoms with Gasteiger partial charge in [0.25, 0.3) is 0 Å². The lowest BCUT2D eigenvalue weighted by atomic mass is 9.91. The normalized spacial score (nSPS) is 12.1. The molecule has 0 aromatic heterocycles. The molecule has 5 nitrogen and oxygen atoms in total. The highest BCUT2D eigenvalue weighted by atomic mass is 16.5. The second-order valence-electron chi connectivity index (χ2n) is 8.33. The van der Waals surface area contributed by atoms with E-state index in [1.165, 1.54) is 0 Å². The van der Waals surface area contributed by atoms with Crippen LogP contribution < -0.4 is 9.47 Å². The first-order chi connectivity index (χ1) is 15.9. The molecule has 0 aliphatic rings. The van der Waals surface area contributed by atoms with Crippen molar-refractivity contribution in [3.05, 3.63) is 95.6 Å². The fraction of sp³-hybridized carbons (Fsp3) is 0.321. The van der Waals surface area contributed by atoms with Gasteiger partial charge < -0.3 is 14.2 Å². The highest BCUT2D eigenvalue weighted by molar-refractivity contribution is 5.82. The Morgan fingerprint density at radius 2 is 1.33 bits per heavy atom. The average Bonchev–Trinajstić information content (AvgIpc) is 2.84. The third-order valence-corrected chi connectivity index (χ3v) is 5.87. The van der Waals surface area contributed by atoms with Crippen molar-refractivity contribution in [2.45, 2.75) is 31.9 Å². The van der Waals surface area contributed by atoms with Gasteiger partial charge in [0.05, 0.1) is 14.2 Å². The Hall–Kier alpha value is -3.31. The van der Waals surface area contributed by atoms with Crippen LogP contribution in [0.15, 0.2) is 78.9 Å². The van der Waals surface area contributed by atoms with Gasteiger partial charge >= 0.3 is 5.97 Å². The molecule has 1 atom stereocenters. The van der Waals surface area contributed by atoms with E-state index >= 15 is 0 Å². The number of ether oxygens (including phenoxy) is 3. The van der Waals surface area contributed by atoms with Crippen LogP contribution in [0.5, 0.6) is 11.5 Å². The molecule has 3 rings (SSSR count). The van der Waals surface area contributed by atoms with E-state index in [0.29, 0.717) is 24.1 Å². The van der Waals surface area contributed by atoms with Gasteiger partial charge in [0.15, 0.2) is 11.5 Å². The van der Waals surface area contributed by atoms with Gasteiger partial charge in [-0.05, 0) is 49.7 Å². The van der Waals surface area contributed by atoms with Crippen LogP contribution in [0.1, 0.15) is 42.6 Å². The number of hydrogen-bond acceptors (Lipinski definition) is 5. The molecule has 0 aliphatic carbocycles. The molecule has 0 fully saturated rings. The van der Waals surface area contributed by atoms with Crippen molar-refractivity contribution in [2.75, 3.05) is 27.8 Å². The fourth-order valence-electron chi connectivity index (χ4n) is 3.70. The molecular formula is C28H33NO4. The Morgan fingerprint density at radius 3 is 1.82 bits per heavy atom.